The van der Waals surface area contributed by atoms with Crippen LogP contribution in [0.3, 0.4) is 0 Å². The van der Waals surface area contributed by atoms with Crippen molar-refractivity contribution in [3.8, 4) is 11.5 Å². The topological polar surface area (TPSA) is 85.7 Å². The van der Waals surface area contributed by atoms with Gasteiger partial charge in [-0.2, -0.15) is 0 Å². The second-order valence-electron chi connectivity index (χ2n) is 6.92. The lowest BCUT2D eigenvalue weighted by Gasteiger charge is -2.24. The number of imidazole rings is 1. The fraction of sp³-hybridized carbons (Fsp3) is 0.476. The van der Waals surface area contributed by atoms with Crippen LogP contribution in [0.2, 0.25) is 0 Å². The first-order chi connectivity index (χ1) is 14.2. The van der Waals surface area contributed by atoms with Crippen LogP contribution in [-0.4, -0.2) is 52.6 Å². The highest BCUT2D eigenvalue weighted by Gasteiger charge is 2.21. The Morgan fingerprint density at radius 1 is 1.28 bits per heavy atom. The van der Waals surface area contributed by atoms with Gasteiger partial charge in [-0.05, 0) is 32.3 Å². The maximum Gasteiger partial charge on any atom is 0.243 e. The minimum atomic E-state index is -0.166. The highest BCUT2D eigenvalue weighted by Crippen LogP contribution is 2.32. The molecular formula is C21H28N4O4. The molecule has 8 heteroatoms. The van der Waals surface area contributed by atoms with Crippen molar-refractivity contribution < 1.29 is 19.1 Å². The third kappa shape index (κ3) is 5.97. The maximum absolute atomic E-state index is 12.9. The molecule has 0 spiro atoms. The summed E-state index contributed by atoms with van der Waals surface area (Å²) in [5.74, 6) is 0.980. The summed E-state index contributed by atoms with van der Waals surface area (Å²) in [6, 6.07) is 5.65. The van der Waals surface area contributed by atoms with Crippen LogP contribution < -0.4 is 14.8 Å². The zero-order valence-electron chi connectivity index (χ0n) is 16.8. The van der Waals surface area contributed by atoms with Gasteiger partial charge in [0, 0.05) is 24.5 Å². The summed E-state index contributed by atoms with van der Waals surface area (Å²) < 4.78 is 13.5. The zero-order valence-corrected chi connectivity index (χ0v) is 16.8. The summed E-state index contributed by atoms with van der Waals surface area (Å²) in [6.45, 7) is 3.97. The number of carbonyl (C=O) groups is 2. The Hall–Kier alpha value is -3.03. The van der Waals surface area contributed by atoms with Crippen LogP contribution in [-0.2, 0) is 22.7 Å². The molecule has 0 fully saturated rings. The van der Waals surface area contributed by atoms with Gasteiger partial charge >= 0.3 is 0 Å². The molecule has 3 rings (SSSR count). The quantitative estimate of drug-likeness (QED) is 0.848. The molecule has 29 heavy (non-hydrogen) atoms. The molecule has 1 aromatic carbocycles. The number of ether oxygens (including phenoxy) is 2. The summed E-state index contributed by atoms with van der Waals surface area (Å²) in [7, 11) is 0. The van der Waals surface area contributed by atoms with Crippen molar-refractivity contribution in [2.75, 3.05) is 26.3 Å². The van der Waals surface area contributed by atoms with Gasteiger partial charge in [-0.1, -0.05) is 12.1 Å². The molecule has 1 N–H and O–H groups in total. The van der Waals surface area contributed by atoms with Gasteiger partial charge in [0.05, 0.1) is 32.6 Å². The number of carbonyl (C=O) groups excluding carboxylic acids is 2. The molecule has 0 saturated carbocycles. The Balaban J connectivity index is 1.87. The molecule has 1 aliphatic rings. The standard InChI is InChI=1S/C21H28N4O4/c1-2-28-18-8-6-7-17-13-25(20(27)15-24-11-10-22-16-24)14-19(26)23-9-4-3-5-12-29-21(17)18/h6-8,10-11,16H,2-5,9,12-15H2,1H3,(H,23,26). The first-order valence-electron chi connectivity index (χ1n) is 10.0. The SMILES string of the molecule is CCOc1cccc2c1OCCCCCNC(=O)CN(C(=O)Cn1ccnc1)C2. The van der Waals surface area contributed by atoms with Gasteiger partial charge in [-0.25, -0.2) is 4.98 Å². The van der Waals surface area contributed by atoms with E-state index in [-0.39, 0.29) is 31.4 Å². The number of nitrogens with one attached hydrogen (secondary N) is 1. The van der Waals surface area contributed by atoms with E-state index < -0.39 is 0 Å². The molecule has 2 aromatic rings. The minimum Gasteiger partial charge on any atom is -0.490 e. The van der Waals surface area contributed by atoms with E-state index >= 15 is 0 Å². The first kappa shape index (κ1) is 20.7. The number of nitrogens with zero attached hydrogens (tertiary/aromatic N) is 3. The Kier molecular flexibility index (Phi) is 7.49. The van der Waals surface area contributed by atoms with Gasteiger partial charge in [0.1, 0.15) is 6.54 Å². The Morgan fingerprint density at radius 2 is 2.17 bits per heavy atom. The number of benzene rings is 1. The summed E-state index contributed by atoms with van der Waals surface area (Å²) in [6.07, 6.45) is 7.65. The van der Waals surface area contributed by atoms with Crippen molar-refractivity contribution in [2.24, 2.45) is 0 Å². The second kappa shape index (κ2) is 10.5. The first-order valence-corrected chi connectivity index (χ1v) is 10.0. The smallest absolute Gasteiger partial charge is 0.243 e. The maximum atomic E-state index is 12.9. The molecule has 2 heterocycles. The van der Waals surface area contributed by atoms with E-state index in [0.29, 0.717) is 31.3 Å². The molecule has 1 aromatic heterocycles. The van der Waals surface area contributed by atoms with Crippen molar-refractivity contribution in [1.29, 1.82) is 0 Å². The predicted octanol–water partition coefficient (Wildman–Crippen LogP) is 1.99. The minimum absolute atomic E-state index is 0.00810. The highest BCUT2D eigenvalue weighted by atomic mass is 16.5. The number of aromatic nitrogens is 2. The molecule has 0 atom stereocenters. The number of rotatable bonds is 4. The molecule has 156 valence electrons. The number of amides is 2. The fourth-order valence-corrected chi connectivity index (χ4v) is 3.23. The molecule has 0 saturated heterocycles. The Morgan fingerprint density at radius 3 is 2.97 bits per heavy atom. The molecular weight excluding hydrogens is 372 g/mol. The number of para-hydroxylation sites is 1. The zero-order chi connectivity index (χ0) is 20.5. The summed E-state index contributed by atoms with van der Waals surface area (Å²) in [5.41, 5.74) is 0.821. The number of hydrogen-bond donors (Lipinski definition) is 1. The van der Waals surface area contributed by atoms with Crippen molar-refractivity contribution in [3.05, 3.63) is 42.5 Å². The Bertz CT molecular complexity index is 807. The summed E-state index contributed by atoms with van der Waals surface area (Å²) in [5, 5.41) is 2.90. The van der Waals surface area contributed by atoms with Crippen molar-refractivity contribution in [2.45, 2.75) is 39.3 Å². The largest absolute Gasteiger partial charge is 0.490 e. The van der Waals surface area contributed by atoms with Gasteiger partial charge in [0.15, 0.2) is 11.5 Å². The third-order valence-corrected chi connectivity index (χ3v) is 4.68. The van der Waals surface area contributed by atoms with E-state index in [1.54, 1.807) is 28.2 Å². The molecule has 0 unspecified atom stereocenters. The fourth-order valence-electron chi connectivity index (χ4n) is 3.23. The number of fused-ring (bicyclic) bond motifs is 1. The lowest BCUT2D eigenvalue weighted by molar-refractivity contribution is -0.137. The van der Waals surface area contributed by atoms with E-state index in [1.807, 2.05) is 25.1 Å². The van der Waals surface area contributed by atoms with Crippen LogP contribution in [0.5, 0.6) is 11.5 Å². The predicted molar refractivity (Wildman–Crippen MR) is 108 cm³/mol. The van der Waals surface area contributed by atoms with Crippen molar-refractivity contribution in [1.82, 2.24) is 19.8 Å². The molecule has 0 aliphatic carbocycles. The van der Waals surface area contributed by atoms with Crippen LogP contribution in [0.1, 0.15) is 31.7 Å². The van der Waals surface area contributed by atoms with E-state index in [9.17, 15) is 9.59 Å². The van der Waals surface area contributed by atoms with Crippen LogP contribution >= 0.6 is 0 Å². The monoisotopic (exact) mass is 400 g/mol. The van der Waals surface area contributed by atoms with Crippen LogP contribution in [0.25, 0.3) is 0 Å². The van der Waals surface area contributed by atoms with Gasteiger partial charge < -0.3 is 24.3 Å². The van der Waals surface area contributed by atoms with E-state index in [2.05, 4.69) is 10.3 Å². The normalized spacial score (nSPS) is 15.8. The van der Waals surface area contributed by atoms with Crippen molar-refractivity contribution >= 4 is 11.8 Å². The molecule has 0 bridgehead atoms. The van der Waals surface area contributed by atoms with Crippen LogP contribution in [0, 0.1) is 0 Å². The van der Waals surface area contributed by atoms with Crippen LogP contribution in [0.15, 0.2) is 36.9 Å². The van der Waals surface area contributed by atoms with Gasteiger partial charge in [0.2, 0.25) is 11.8 Å². The van der Waals surface area contributed by atoms with Gasteiger partial charge in [0.25, 0.3) is 0 Å². The lowest BCUT2D eigenvalue weighted by Crippen LogP contribution is -2.41. The Labute approximate surface area is 170 Å². The average molecular weight is 400 g/mol. The highest BCUT2D eigenvalue weighted by molar-refractivity contribution is 5.84. The number of hydrogen-bond acceptors (Lipinski definition) is 5. The summed E-state index contributed by atoms with van der Waals surface area (Å²) in [4.78, 5) is 30.9. The average Bonchev–Trinajstić information content (AvgIpc) is 3.21. The van der Waals surface area contributed by atoms with E-state index in [0.717, 1.165) is 24.8 Å². The second-order valence-corrected chi connectivity index (χ2v) is 6.92. The van der Waals surface area contributed by atoms with Gasteiger partial charge in [-0.3, -0.25) is 9.59 Å². The van der Waals surface area contributed by atoms with E-state index in [1.165, 1.54) is 0 Å². The molecule has 8 nitrogen and oxygen atoms in total. The van der Waals surface area contributed by atoms with Crippen molar-refractivity contribution in [3.63, 3.8) is 0 Å². The summed E-state index contributed by atoms with van der Waals surface area (Å²) >= 11 is 0. The van der Waals surface area contributed by atoms with Gasteiger partial charge in [-0.15, -0.1) is 0 Å². The molecule has 1 aliphatic heterocycles. The molecule has 2 amide bonds. The molecule has 0 radical (unpaired) electrons. The third-order valence-electron chi connectivity index (χ3n) is 4.68. The van der Waals surface area contributed by atoms with Crippen LogP contribution in [0.4, 0.5) is 0 Å². The lowest BCUT2D eigenvalue weighted by atomic mass is 10.1. The van der Waals surface area contributed by atoms with E-state index in [4.69, 9.17) is 9.47 Å².